The highest BCUT2D eigenvalue weighted by Crippen LogP contribution is 2.53. The smallest absolute Gasteiger partial charge is 0.264 e. The summed E-state index contributed by atoms with van der Waals surface area (Å²) < 4.78 is 35.9. The van der Waals surface area contributed by atoms with E-state index in [0.717, 1.165) is 60.7 Å². The van der Waals surface area contributed by atoms with Gasteiger partial charge in [0.2, 0.25) is 10.0 Å². The Bertz CT molecular complexity index is 1660. The van der Waals surface area contributed by atoms with Gasteiger partial charge in [0, 0.05) is 29.1 Å². The summed E-state index contributed by atoms with van der Waals surface area (Å²) in [5.41, 5.74) is 2.32. The summed E-state index contributed by atoms with van der Waals surface area (Å²) in [5.74, 6) is 2.18. The molecule has 2 bridgehead atoms. The highest BCUT2D eigenvalue weighted by atomic mass is 35.5. The molecule has 254 valence electrons. The molecular formula is C36H45ClN2O5S3. The van der Waals surface area contributed by atoms with E-state index in [1.807, 2.05) is 54.7 Å². The van der Waals surface area contributed by atoms with Crippen molar-refractivity contribution in [2.45, 2.75) is 79.6 Å². The van der Waals surface area contributed by atoms with Crippen LogP contribution in [0.4, 0.5) is 5.69 Å². The van der Waals surface area contributed by atoms with Gasteiger partial charge in [-0.25, -0.2) is 13.1 Å². The Morgan fingerprint density at radius 1 is 1.09 bits per heavy atom. The molecule has 2 aromatic carbocycles. The van der Waals surface area contributed by atoms with Crippen molar-refractivity contribution in [3.05, 3.63) is 70.3 Å². The first kappa shape index (κ1) is 33.6. The molecule has 2 aromatic rings. The molecule has 0 aromatic heterocycles. The first-order chi connectivity index (χ1) is 22.5. The second-order valence-corrected chi connectivity index (χ2v) is 19.5. The molecule has 3 heterocycles. The van der Waals surface area contributed by atoms with Crippen molar-refractivity contribution in [2.75, 3.05) is 36.1 Å². The van der Waals surface area contributed by atoms with Gasteiger partial charge in [0.1, 0.15) is 11.4 Å². The Balaban J connectivity index is 1.32. The van der Waals surface area contributed by atoms with Crippen molar-refractivity contribution < 1.29 is 23.1 Å². The minimum Gasteiger partial charge on any atom is -0.490 e. The van der Waals surface area contributed by atoms with E-state index in [4.69, 9.17) is 16.3 Å². The van der Waals surface area contributed by atoms with Crippen molar-refractivity contribution in [1.29, 1.82) is 0 Å². The number of carbonyl (C=O) groups excluding carboxylic acids is 1. The maximum Gasteiger partial charge on any atom is 0.264 e. The molecule has 1 saturated heterocycles. The summed E-state index contributed by atoms with van der Waals surface area (Å²) in [6.07, 6.45) is 10.5. The fourth-order valence-corrected chi connectivity index (χ4v) is 13.0. The van der Waals surface area contributed by atoms with Crippen LogP contribution in [0.2, 0.25) is 5.02 Å². The molecule has 2 fully saturated rings. The number of carbonyl (C=O) groups is 1. The van der Waals surface area contributed by atoms with E-state index in [0.29, 0.717) is 31.9 Å². The van der Waals surface area contributed by atoms with E-state index < -0.39 is 26.8 Å². The number of rotatable bonds is 1. The largest absolute Gasteiger partial charge is 0.490 e. The van der Waals surface area contributed by atoms with Gasteiger partial charge >= 0.3 is 0 Å². The summed E-state index contributed by atoms with van der Waals surface area (Å²) in [6.45, 7) is 5.44. The quantitative estimate of drug-likeness (QED) is 0.311. The maximum absolute atomic E-state index is 13.5. The van der Waals surface area contributed by atoms with Crippen LogP contribution in [0.5, 0.6) is 5.75 Å². The van der Waals surface area contributed by atoms with Crippen LogP contribution >= 0.6 is 35.1 Å². The number of thioether (sulfide) groups is 2. The molecule has 1 amide bonds. The average molecular weight is 717 g/mol. The molecule has 0 radical (unpaired) electrons. The number of benzene rings is 2. The van der Waals surface area contributed by atoms with E-state index in [1.165, 1.54) is 11.1 Å². The third-order valence-electron chi connectivity index (χ3n) is 11.4. The summed E-state index contributed by atoms with van der Waals surface area (Å²) in [7, 11) is -3.95. The number of aliphatic hydroxyl groups is 1. The number of halogens is 1. The van der Waals surface area contributed by atoms with E-state index in [1.54, 1.807) is 19.1 Å². The Morgan fingerprint density at radius 2 is 1.89 bits per heavy atom. The number of fused-ring (bicyclic) bond motifs is 4. The van der Waals surface area contributed by atoms with Crippen molar-refractivity contribution in [1.82, 2.24) is 4.72 Å². The second kappa shape index (κ2) is 13.1. The Morgan fingerprint density at radius 3 is 2.66 bits per heavy atom. The van der Waals surface area contributed by atoms with Gasteiger partial charge < -0.3 is 14.7 Å². The summed E-state index contributed by atoms with van der Waals surface area (Å²) >= 11 is 10.2. The van der Waals surface area contributed by atoms with Gasteiger partial charge in [0.25, 0.3) is 5.91 Å². The zero-order chi connectivity index (χ0) is 33.0. The number of aryl methyl sites for hydroxylation is 1. The number of ether oxygens (including phenoxy) is 1. The second-order valence-electron chi connectivity index (χ2n) is 14.3. The normalized spacial score (nSPS) is 35.0. The minimum atomic E-state index is -3.95. The predicted molar refractivity (Wildman–Crippen MR) is 193 cm³/mol. The first-order valence-corrected chi connectivity index (χ1v) is 21.0. The molecule has 7 nitrogen and oxygen atoms in total. The minimum absolute atomic E-state index is 0.0302. The SMILES string of the molecule is C[C@@H]1[C@@H](C)C/C=C/[C@](O)(C2SCCCS2)[C@@H]2CC[C@H]2CN2C[C@@]3(CCCc4cc(Cl)ccc43)COc3ccc(cc32)C(=O)NS1(=O)=O. The lowest BCUT2D eigenvalue weighted by atomic mass is 9.64. The molecule has 11 heteroatoms. The zero-order valence-corrected chi connectivity index (χ0v) is 30.3. The van der Waals surface area contributed by atoms with Gasteiger partial charge in [-0.05, 0) is 123 Å². The predicted octanol–water partition coefficient (Wildman–Crippen LogP) is 6.81. The van der Waals surface area contributed by atoms with Crippen LogP contribution in [0.3, 0.4) is 0 Å². The molecule has 2 aliphatic carbocycles. The number of sulfonamides is 1. The van der Waals surface area contributed by atoms with Crippen molar-refractivity contribution >= 4 is 56.7 Å². The fraction of sp³-hybridized carbons (Fsp3) is 0.583. The highest BCUT2D eigenvalue weighted by Gasteiger charge is 2.52. The summed E-state index contributed by atoms with van der Waals surface area (Å²) in [6, 6.07) is 11.5. The Labute approximate surface area is 292 Å². The molecule has 5 aliphatic rings. The number of allylic oxidation sites excluding steroid dienone is 1. The Hall–Kier alpha value is -1.85. The van der Waals surface area contributed by atoms with Crippen LogP contribution in [-0.2, 0) is 21.9 Å². The van der Waals surface area contributed by atoms with Crippen LogP contribution in [0.25, 0.3) is 0 Å². The molecular weight excluding hydrogens is 672 g/mol. The van der Waals surface area contributed by atoms with Crippen LogP contribution in [0.1, 0.15) is 73.9 Å². The molecule has 1 spiro atoms. The van der Waals surface area contributed by atoms with E-state index in [-0.39, 0.29) is 33.3 Å². The lowest BCUT2D eigenvalue weighted by Crippen LogP contribution is -2.55. The number of nitrogens with zero attached hydrogens (tertiary/aromatic N) is 1. The topological polar surface area (TPSA) is 95.9 Å². The molecule has 6 atom stereocenters. The average Bonchev–Trinajstić information content (AvgIpc) is 3.19. The summed E-state index contributed by atoms with van der Waals surface area (Å²) in [4.78, 5) is 15.9. The molecule has 2 N–H and O–H groups in total. The molecule has 3 aliphatic heterocycles. The molecule has 1 saturated carbocycles. The lowest BCUT2D eigenvalue weighted by Gasteiger charge is -2.51. The monoisotopic (exact) mass is 716 g/mol. The maximum atomic E-state index is 13.5. The van der Waals surface area contributed by atoms with E-state index in [2.05, 4.69) is 21.8 Å². The third kappa shape index (κ3) is 6.35. The van der Waals surface area contributed by atoms with Gasteiger partial charge in [0.05, 0.1) is 22.1 Å². The van der Waals surface area contributed by atoms with E-state index >= 15 is 0 Å². The number of hydrogen-bond acceptors (Lipinski definition) is 8. The molecule has 0 unspecified atom stereocenters. The van der Waals surface area contributed by atoms with Gasteiger partial charge in [-0.15, -0.1) is 23.5 Å². The van der Waals surface area contributed by atoms with Crippen molar-refractivity contribution in [2.24, 2.45) is 17.8 Å². The number of amides is 1. The van der Waals surface area contributed by atoms with Crippen LogP contribution < -0.4 is 14.4 Å². The number of hydrogen-bond donors (Lipinski definition) is 2. The number of nitrogens with one attached hydrogen (secondary N) is 1. The highest BCUT2D eigenvalue weighted by molar-refractivity contribution is 8.17. The van der Waals surface area contributed by atoms with Gasteiger partial charge in [0.15, 0.2) is 0 Å². The third-order valence-corrected chi connectivity index (χ3v) is 16.8. The van der Waals surface area contributed by atoms with Crippen molar-refractivity contribution in [3.8, 4) is 5.75 Å². The van der Waals surface area contributed by atoms with Crippen molar-refractivity contribution in [3.63, 3.8) is 0 Å². The molecule has 7 rings (SSSR count). The zero-order valence-electron chi connectivity index (χ0n) is 27.1. The summed E-state index contributed by atoms with van der Waals surface area (Å²) in [5, 5.41) is 12.6. The van der Waals surface area contributed by atoms with E-state index in [9.17, 15) is 18.3 Å². The van der Waals surface area contributed by atoms with Crippen LogP contribution in [-0.4, -0.2) is 66.1 Å². The van der Waals surface area contributed by atoms with Crippen LogP contribution in [0, 0.1) is 17.8 Å². The number of anilines is 1. The standard InChI is InChI=1S/C36H45ClN2O5S3/c1-23-6-3-15-36(41,34-45-16-5-17-46-34)30-11-8-27(30)20-39-21-35(14-4-7-25-18-28(37)10-12-29(25)35)22-44-32-13-9-26(19-31(32)39)33(40)38-47(42,43)24(23)2/h3,9-10,12-13,15,18-19,23-24,27,30,34,41H,4-8,11,14,16-17,20-22H2,1-2H3,(H,38,40)/b15-3+/t23-,24+,27-,30+,35-,36+/m0/s1. The van der Waals surface area contributed by atoms with Crippen LogP contribution in [0.15, 0.2) is 48.6 Å². The van der Waals surface area contributed by atoms with Gasteiger partial charge in [-0.2, -0.15) is 0 Å². The van der Waals surface area contributed by atoms with Gasteiger partial charge in [-0.1, -0.05) is 36.7 Å². The Kier molecular flexibility index (Phi) is 9.39. The fourth-order valence-electron chi connectivity index (χ4n) is 8.32. The lowest BCUT2D eigenvalue weighted by molar-refractivity contribution is -0.0333. The molecule has 47 heavy (non-hydrogen) atoms. The first-order valence-electron chi connectivity index (χ1n) is 17.0. The van der Waals surface area contributed by atoms with Gasteiger partial charge in [-0.3, -0.25) is 4.79 Å².